The molecule has 0 amide bonds. The van der Waals surface area contributed by atoms with E-state index in [4.69, 9.17) is 0 Å². The number of fused-ring (bicyclic) bond motifs is 2. The first-order chi connectivity index (χ1) is 12.9. The zero-order valence-corrected chi connectivity index (χ0v) is 16.0. The van der Waals surface area contributed by atoms with Crippen LogP contribution in [0.3, 0.4) is 0 Å². The number of aromatic amines is 1. The highest BCUT2D eigenvalue weighted by atomic mass is 32.2. The van der Waals surface area contributed by atoms with E-state index in [9.17, 15) is 13.7 Å². The molecule has 8 nitrogen and oxygen atoms in total. The van der Waals surface area contributed by atoms with Gasteiger partial charge in [-0.15, -0.1) is 0 Å². The zero-order valence-electron chi connectivity index (χ0n) is 15.2. The van der Waals surface area contributed by atoms with E-state index in [0.717, 1.165) is 36.1 Å². The molecule has 2 aromatic rings. The smallest absolute Gasteiger partial charge is 0.214 e. The van der Waals surface area contributed by atoms with E-state index in [-0.39, 0.29) is 29.0 Å². The Balaban J connectivity index is 1.21. The van der Waals surface area contributed by atoms with Crippen molar-refractivity contribution in [3.05, 3.63) is 18.6 Å². The van der Waals surface area contributed by atoms with Gasteiger partial charge in [-0.1, -0.05) is 0 Å². The summed E-state index contributed by atoms with van der Waals surface area (Å²) in [6.07, 6.45) is 5.94. The quantitative estimate of drug-likeness (QED) is 0.831. The third-order valence-corrected chi connectivity index (χ3v) is 8.56. The fourth-order valence-electron chi connectivity index (χ4n) is 4.69. The number of rotatable bonds is 5. The van der Waals surface area contributed by atoms with Crippen LogP contribution in [-0.4, -0.2) is 59.6 Å². The van der Waals surface area contributed by atoms with Gasteiger partial charge in [0.25, 0.3) is 0 Å². The van der Waals surface area contributed by atoms with Crippen LogP contribution in [-0.2, 0) is 10.0 Å². The third-order valence-electron chi connectivity index (χ3n) is 6.60. The molecule has 2 atom stereocenters. The summed E-state index contributed by atoms with van der Waals surface area (Å²) in [5.74, 6) is 1.48. The number of aromatic nitrogens is 3. The Morgan fingerprint density at radius 2 is 2.26 bits per heavy atom. The Morgan fingerprint density at radius 3 is 3.00 bits per heavy atom. The minimum atomic E-state index is -3.28. The maximum absolute atomic E-state index is 12.7. The van der Waals surface area contributed by atoms with Crippen molar-refractivity contribution >= 4 is 26.9 Å². The van der Waals surface area contributed by atoms with E-state index in [1.54, 1.807) is 10.6 Å². The molecular weight excluding hydrogens is 364 g/mol. The molecular formula is C18H22N6O2S. The van der Waals surface area contributed by atoms with Crippen LogP contribution < -0.4 is 4.90 Å². The molecule has 0 unspecified atom stereocenters. The highest BCUT2D eigenvalue weighted by Gasteiger charge is 2.62. The molecule has 1 N–H and O–H groups in total. The SMILES string of the molecule is CN(c1ncnc2[nH]ccc12)C1CC(CS(=O)(=O)N2C[C@H]3C[C@@]3(C#N)C2)C1. The lowest BCUT2D eigenvalue weighted by Crippen LogP contribution is -2.47. The molecule has 1 saturated heterocycles. The van der Waals surface area contributed by atoms with Crippen molar-refractivity contribution in [2.24, 2.45) is 17.3 Å². The number of nitrogens with zero attached hydrogens (tertiary/aromatic N) is 5. The number of nitrogens with one attached hydrogen (secondary N) is 1. The van der Waals surface area contributed by atoms with Crippen LogP contribution in [0.5, 0.6) is 0 Å². The molecule has 27 heavy (non-hydrogen) atoms. The van der Waals surface area contributed by atoms with Crippen LogP contribution in [0.2, 0.25) is 0 Å². The Bertz CT molecular complexity index is 1040. The van der Waals surface area contributed by atoms with Crippen molar-refractivity contribution in [1.82, 2.24) is 19.3 Å². The molecule has 0 aromatic carbocycles. The second-order valence-corrected chi connectivity index (χ2v) is 10.3. The van der Waals surface area contributed by atoms with Gasteiger partial charge in [0.2, 0.25) is 10.0 Å². The highest BCUT2D eigenvalue weighted by Crippen LogP contribution is 2.57. The van der Waals surface area contributed by atoms with E-state index in [1.165, 1.54) is 0 Å². The van der Waals surface area contributed by atoms with Crippen molar-refractivity contribution in [3.8, 4) is 6.07 Å². The van der Waals surface area contributed by atoms with Gasteiger partial charge >= 0.3 is 0 Å². The maximum atomic E-state index is 12.7. The van der Waals surface area contributed by atoms with Crippen LogP contribution in [0.1, 0.15) is 19.3 Å². The van der Waals surface area contributed by atoms with E-state index < -0.39 is 10.0 Å². The van der Waals surface area contributed by atoms with Gasteiger partial charge in [0, 0.05) is 32.4 Å². The average Bonchev–Trinajstić information content (AvgIpc) is 2.98. The molecule has 2 aromatic heterocycles. The number of nitriles is 1. The summed E-state index contributed by atoms with van der Waals surface area (Å²) in [4.78, 5) is 13.9. The minimum Gasteiger partial charge on any atom is -0.356 e. The summed E-state index contributed by atoms with van der Waals surface area (Å²) in [5.41, 5.74) is 0.425. The molecule has 142 valence electrons. The molecule has 2 aliphatic carbocycles. The summed E-state index contributed by atoms with van der Waals surface area (Å²) in [5, 5.41) is 10.2. The lowest BCUT2D eigenvalue weighted by atomic mass is 9.81. The predicted molar refractivity (Wildman–Crippen MR) is 100 cm³/mol. The van der Waals surface area contributed by atoms with Crippen molar-refractivity contribution < 1.29 is 8.42 Å². The number of sulfonamides is 1. The number of piperidine rings is 1. The Hall–Kier alpha value is -2.18. The molecule has 5 rings (SSSR count). The van der Waals surface area contributed by atoms with Crippen LogP contribution in [0.4, 0.5) is 5.82 Å². The van der Waals surface area contributed by atoms with Crippen LogP contribution in [0, 0.1) is 28.6 Å². The van der Waals surface area contributed by atoms with Crippen molar-refractivity contribution in [2.75, 3.05) is 30.8 Å². The molecule has 3 aliphatic rings. The highest BCUT2D eigenvalue weighted by molar-refractivity contribution is 7.89. The van der Waals surface area contributed by atoms with Gasteiger partial charge in [-0.25, -0.2) is 18.4 Å². The van der Waals surface area contributed by atoms with Gasteiger partial charge in [0.1, 0.15) is 17.8 Å². The summed E-state index contributed by atoms with van der Waals surface area (Å²) >= 11 is 0. The van der Waals surface area contributed by atoms with Crippen LogP contribution in [0.25, 0.3) is 11.0 Å². The molecule has 0 spiro atoms. The van der Waals surface area contributed by atoms with Gasteiger partial charge in [0.15, 0.2) is 0 Å². The summed E-state index contributed by atoms with van der Waals surface area (Å²) in [6, 6.07) is 4.57. The first-order valence-electron chi connectivity index (χ1n) is 9.32. The van der Waals surface area contributed by atoms with Crippen LogP contribution in [0.15, 0.2) is 18.6 Å². The minimum absolute atomic E-state index is 0.168. The topological polar surface area (TPSA) is 106 Å². The predicted octanol–water partition coefficient (Wildman–Crippen LogP) is 1.35. The van der Waals surface area contributed by atoms with Gasteiger partial charge < -0.3 is 9.88 Å². The van der Waals surface area contributed by atoms with Gasteiger partial charge in [-0.3, -0.25) is 0 Å². The van der Waals surface area contributed by atoms with E-state index in [2.05, 4.69) is 25.9 Å². The lowest BCUT2D eigenvalue weighted by molar-refractivity contribution is 0.278. The molecule has 3 heterocycles. The van der Waals surface area contributed by atoms with Crippen molar-refractivity contribution in [2.45, 2.75) is 25.3 Å². The first-order valence-corrected chi connectivity index (χ1v) is 10.9. The molecule has 2 saturated carbocycles. The first kappa shape index (κ1) is 17.0. The third kappa shape index (κ3) is 2.62. The second kappa shape index (κ2) is 5.66. The normalized spacial score (nSPS) is 32.7. The zero-order chi connectivity index (χ0) is 18.8. The Labute approximate surface area is 158 Å². The Kier molecular flexibility index (Phi) is 3.55. The number of anilines is 1. The van der Waals surface area contributed by atoms with E-state index >= 15 is 0 Å². The van der Waals surface area contributed by atoms with E-state index in [0.29, 0.717) is 13.1 Å². The fourth-order valence-corrected chi connectivity index (χ4v) is 6.60. The van der Waals surface area contributed by atoms with Gasteiger partial charge in [-0.05, 0) is 37.2 Å². The molecule has 9 heteroatoms. The lowest BCUT2D eigenvalue weighted by Gasteiger charge is -2.42. The fraction of sp³-hybridized carbons (Fsp3) is 0.611. The average molecular weight is 386 g/mol. The number of H-pyrrole nitrogens is 1. The molecule has 3 fully saturated rings. The molecule has 0 bridgehead atoms. The van der Waals surface area contributed by atoms with Gasteiger partial charge in [-0.2, -0.15) is 9.57 Å². The maximum Gasteiger partial charge on any atom is 0.214 e. The Morgan fingerprint density at radius 1 is 1.44 bits per heavy atom. The standard InChI is InChI=1S/C18H22N6O2S/c1-23(17-15-2-3-20-16(15)21-11-22-17)14-4-12(5-14)8-27(25,26)24-7-13-6-18(13,9-19)10-24/h2-3,11-14H,4-8,10H2,1H3,(H,20,21,22)/t12?,13-,14?,18-/m1/s1. The second-order valence-electron chi connectivity index (χ2n) is 8.28. The van der Waals surface area contributed by atoms with Gasteiger partial charge in [0.05, 0.1) is 22.6 Å². The molecule has 1 aliphatic heterocycles. The van der Waals surface area contributed by atoms with E-state index in [1.807, 2.05) is 19.3 Å². The number of hydrogen-bond acceptors (Lipinski definition) is 6. The summed E-state index contributed by atoms with van der Waals surface area (Å²) in [7, 11) is -1.27. The largest absolute Gasteiger partial charge is 0.356 e. The molecule has 0 radical (unpaired) electrons. The summed E-state index contributed by atoms with van der Waals surface area (Å²) < 4.78 is 27.0. The summed E-state index contributed by atoms with van der Waals surface area (Å²) in [6.45, 7) is 0.914. The van der Waals surface area contributed by atoms with Crippen LogP contribution >= 0.6 is 0 Å². The van der Waals surface area contributed by atoms with Crippen molar-refractivity contribution in [3.63, 3.8) is 0 Å². The van der Waals surface area contributed by atoms with Crippen molar-refractivity contribution in [1.29, 1.82) is 5.26 Å². The number of hydrogen-bond donors (Lipinski definition) is 1. The monoisotopic (exact) mass is 386 g/mol.